The third-order valence-corrected chi connectivity index (χ3v) is 8.42. The van der Waals surface area contributed by atoms with E-state index >= 15 is 0 Å². The van der Waals surface area contributed by atoms with Crippen LogP contribution in [0.4, 0.5) is 28.4 Å². The maximum atomic E-state index is 11.9. The van der Waals surface area contributed by atoms with E-state index in [9.17, 15) is 4.79 Å². The van der Waals surface area contributed by atoms with E-state index < -0.39 is 0 Å². The molecule has 0 radical (unpaired) electrons. The van der Waals surface area contributed by atoms with Gasteiger partial charge in [0.15, 0.2) is 0 Å². The molecule has 0 aromatic heterocycles. The normalized spacial score (nSPS) is 13.9. The Morgan fingerprint density at radius 2 is 1.21 bits per heavy atom. The van der Waals surface area contributed by atoms with Gasteiger partial charge in [-0.3, -0.25) is 0 Å². The van der Waals surface area contributed by atoms with Gasteiger partial charge in [0.2, 0.25) is 0 Å². The molecule has 0 N–H and O–H groups in total. The first-order valence-corrected chi connectivity index (χ1v) is 16.0. The summed E-state index contributed by atoms with van der Waals surface area (Å²) in [6, 6.07) is 45.1. The van der Waals surface area contributed by atoms with Crippen LogP contribution in [0.1, 0.15) is 35.6 Å². The van der Waals surface area contributed by atoms with Crippen molar-refractivity contribution in [3.8, 4) is 0 Å². The van der Waals surface area contributed by atoms with Crippen LogP contribution in [0.25, 0.3) is 5.57 Å². The first-order chi connectivity index (χ1) is 22.9. The molecular formula is C43H40N2O2. The highest BCUT2D eigenvalue weighted by atomic mass is 16.5. The fourth-order valence-electron chi connectivity index (χ4n) is 5.80. The molecule has 0 saturated heterocycles. The number of carbonyl (C=O) groups excluding carboxylic acids is 1. The van der Waals surface area contributed by atoms with Crippen molar-refractivity contribution < 1.29 is 9.53 Å². The minimum atomic E-state index is -0.381. The van der Waals surface area contributed by atoms with Crippen molar-refractivity contribution in [3.63, 3.8) is 0 Å². The number of benzene rings is 5. The zero-order chi connectivity index (χ0) is 32.8. The van der Waals surface area contributed by atoms with Crippen LogP contribution in [0.5, 0.6) is 0 Å². The Morgan fingerprint density at radius 1 is 0.702 bits per heavy atom. The van der Waals surface area contributed by atoms with Gasteiger partial charge >= 0.3 is 5.97 Å². The number of nitrogens with zero attached hydrogens (tertiary/aromatic N) is 2. The summed E-state index contributed by atoms with van der Waals surface area (Å²) in [5.74, 6) is -0.381. The predicted octanol–water partition coefficient (Wildman–Crippen LogP) is 10.9. The maximum absolute atomic E-state index is 11.9. The highest BCUT2D eigenvalue weighted by molar-refractivity contribution is 5.87. The van der Waals surface area contributed by atoms with E-state index in [1.54, 1.807) is 6.92 Å². The molecule has 5 aromatic rings. The van der Waals surface area contributed by atoms with Crippen molar-refractivity contribution in [3.05, 3.63) is 180 Å². The van der Waals surface area contributed by atoms with E-state index in [2.05, 4.69) is 164 Å². The molecule has 1 aliphatic rings. The third-order valence-electron chi connectivity index (χ3n) is 8.42. The van der Waals surface area contributed by atoms with Crippen LogP contribution in [-0.2, 0) is 16.1 Å². The molecule has 0 fully saturated rings. The van der Waals surface area contributed by atoms with Gasteiger partial charge in [0.25, 0.3) is 0 Å². The van der Waals surface area contributed by atoms with Gasteiger partial charge in [0.1, 0.15) is 6.61 Å². The second-order valence-corrected chi connectivity index (χ2v) is 12.1. The SMILES string of the molecule is C=C(C)C(=O)OCc1ccc(N(c2ccc(C)cc2)c2ccc(C3=CCC(N(c4ccccc4)c4ccc(C)cc4)C=C3)cc2)cc1. The number of carbonyl (C=O) groups is 1. The second-order valence-electron chi connectivity index (χ2n) is 12.1. The van der Waals surface area contributed by atoms with Crippen LogP contribution < -0.4 is 9.80 Å². The average Bonchev–Trinajstić information content (AvgIpc) is 3.11. The highest BCUT2D eigenvalue weighted by Gasteiger charge is 2.21. The third kappa shape index (κ3) is 7.45. The van der Waals surface area contributed by atoms with Gasteiger partial charge < -0.3 is 14.5 Å². The maximum Gasteiger partial charge on any atom is 0.333 e. The number of hydrogen-bond acceptors (Lipinski definition) is 4. The van der Waals surface area contributed by atoms with Gasteiger partial charge in [-0.25, -0.2) is 4.79 Å². The molecule has 1 aliphatic carbocycles. The van der Waals surface area contributed by atoms with Crippen molar-refractivity contribution in [2.75, 3.05) is 9.80 Å². The summed E-state index contributed by atoms with van der Waals surface area (Å²) in [6.07, 6.45) is 7.83. The number of aryl methyl sites for hydroxylation is 2. The number of rotatable bonds is 10. The smallest absolute Gasteiger partial charge is 0.333 e. The standard InChI is InChI=1S/C43H40N2O2/c1-31(2)43(46)47-30-34-14-24-40(25-15-34)45(39-22-12-33(4)13-23-39)42-28-18-36(19-29-42)35-16-26-41(27-17-35)44(37-8-6-5-7-9-37)38-20-10-32(3)11-21-38/h5-26,28-29,41H,1,27,30H2,2-4H3. The summed E-state index contributed by atoms with van der Waals surface area (Å²) in [5, 5.41) is 0. The number of ether oxygens (including phenoxy) is 1. The second kappa shape index (κ2) is 14.2. The van der Waals surface area contributed by atoms with Crippen LogP contribution in [0.15, 0.2) is 158 Å². The Labute approximate surface area is 278 Å². The van der Waals surface area contributed by atoms with Gasteiger partial charge in [0.05, 0.1) is 6.04 Å². The van der Waals surface area contributed by atoms with Gasteiger partial charge in [0, 0.05) is 34.0 Å². The Balaban J connectivity index is 1.23. The predicted molar refractivity (Wildman–Crippen MR) is 196 cm³/mol. The molecule has 0 bridgehead atoms. The largest absolute Gasteiger partial charge is 0.457 e. The number of hydrogen-bond donors (Lipinski definition) is 0. The topological polar surface area (TPSA) is 32.8 Å². The van der Waals surface area contributed by atoms with Crippen LogP contribution in [0.2, 0.25) is 0 Å². The number of para-hydroxylation sites is 1. The van der Waals surface area contributed by atoms with Crippen LogP contribution in [0.3, 0.4) is 0 Å². The van der Waals surface area contributed by atoms with Gasteiger partial charge in [-0.15, -0.1) is 0 Å². The molecule has 4 nitrogen and oxygen atoms in total. The molecular weight excluding hydrogens is 576 g/mol. The van der Waals surface area contributed by atoms with E-state index in [0.29, 0.717) is 5.57 Å². The average molecular weight is 617 g/mol. The molecule has 0 aliphatic heterocycles. The number of allylic oxidation sites excluding steroid dienone is 2. The monoisotopic (exact) mass is 616 g/mol. The lowest BCUT2D eigenvalue weighted by Gasteiger charge is -2.33. The first-order valence-electron chi connectivity index (χ1n) is 16.0. The van der Waals surface area contributed by atoms with Gasteiger partial charge in [-0.1, -0.05) is 103 Å². The molecule has 0 spiro atoms. The fraction of sp³-hybridized carbons (Fsp3) is 0.140. The molecule has 6 rings (SSSR count). The summed E-state index contributed by atoms with van der Waals surface area (Å²) in [7, 11) is 0. The lowest BCUT2D eigenvalue weighted by atomic mass is 9.95. The molecule has 1 unspecified atom stereocenters. The number of anilines is 5. The van der Waals surface area contributed by atoms with Crippen molar-refractivity contribution in [2.24, 2.45) is 0 Å². The van der Waals surface area contributed by atoms with E-state index in [4.69, 9.17) is 4.74 Å². The van der Waals surface area contributed by atoms with Gasteiger partial charge in [-0.2, -0.15) is 0 Å². The van der Waals surface area contributed by atoms with E-state index in [-0.39, 0.29) is 18.6 Å². The Morgan fingerprint density at radius 3 is 1.74 bits per heavy atom. The summed E-state index contributed by atoms with van der Waals surface area (Å²) >= 11 is 0. The van der Waals surface area contributed by atoms with E-state index in [0.717, 1.165) is 29.0 Å². The quantitative estimate of drug-likeness (QED) is 0.115. The lowest BCUT2D eigenvalue weighted by Crippen LogP contribution is -2.30. The Kier molecular flexibility index (Phi) is 9.49. The van der Waals surface area contributed by atoms with Crippen molar-refractivity contribution in [1.29, 1.82) is 0 Å². The van der Waals surface area contributed by atoms with Crippen molar-refractivity contribution >= 4 is 40.0 Å². The molecule has 5 aromatic carbocycles. The molecule has 1 atom stereocenters. The van der Waals surface area contributed by atoms with E-state index in [1.165, 1.54) is 33.6 Å². The molecule has 0 heterocycles. The molecule has 0 saturated carbocycles. The van der Waals surface area contributed by atoms with E-state index in [1.807, 2.05) is 12.1 Å². The molecule has 4 heteroatoms. The minimum absolute atomic E-state index is 0.211. The summed E-state index contributed by atoms with van der Waals surface area (Å²) < 4.78 is 5.35. The summed E-state index contributed by atoms with van der Waals surface area (Å²) in [4.78, 5) is 16.5. The molecule has 0 amide bonds. The zero-order valence-corrected chi connectivity index (χ0v) is 27.3. The fourth-order valence-corrected chi connectivity index (χ4v) is 5.80. The molecule has 234 valence electrons. The molecule has 47 heavy (non-hydrogen) atoms. The Bertz CT molecular complexity index is 1890. The van der Waals surface area contributed by atoms with Crippen LogP contribution in [0, 0.1) is 13.8 Å². The van der Waals surface area contributed by atoms with Crippen molar-refractivity contribution in [2.45, 2.75) is 39.8 Å². The highest BCUT2D eigenvalue weighted by Crippen LogP contribution is 2.37. The van der Waals surface area contributed by atoms with Crippen LogP contribution in [-0.4, -0.2) is 12.0 Å². The Hall–Kier alpha value is -5.61. The summed E-state index contributed by atoms with van der Waals surface area (Å²) in [6.45, 7) is 9.75. The minimum Gasteiger partial charge on any atom is -0.457 e. The zero-order valence-electron chi connectivity index (χ0n) is 27.3. The van der Waals surface area contributed by atoms with Crippen molar-refractivity contribution in [1.82, 2.24) is 0 Å². The first kappa shape index (κ1) is 31.4. The number of esters is 1. The van der Waals surface area contributed by atoms with Gasteiger partial charge in [-0.05, 0) is 105 Å². The summed E-state index contributed by atoms with van der Waals surface area (Å²) in [5.41, 5.74) is 11.7. The van der Waals surface area contributed by atoms with Crippen LogP contribution >= 0.6 is 0 Å². The lowest BCUT2D eigenvalue weighted by molar-refractivity contribution is -0.140.